The molecule has 1 aromatic carbocycles. The van der Waals surface area contributed by atoms with Crippen molar-refractivity contribution in [1.82, 2.24) is 0 Å². The van der Waals surface area contributed by atoms with Crippen molar-refractivity contribution in [2.75, 3.05) is 13.2 Å². The van der Waals surface area contributed by atoms with E-state index in [4.69, 9.17) is 9.47 Å². The van der Waals surface area contributed by atoms with Crippen molar-refractivity contribution < 1.29 is 9.47 Å². The van der Waals surface area contributed by atoms with E-state index in [0.29, 0.717) is 19.1 Å². The Morgan fingerprint density at radius 1 is 0.864 bits per heavy atom. The van der Waals surface area contributed by atoms with Crippen LogP contribution in [0.5, 0.6) is 11.5 Å². The summed E-state index contributed by atoms with van der Waals surface area (Å²) in [5.41, 5.74) is 2.45. The van der Waals surface area contributed by atoms with Crippen LogP contribution in [0.25, 0.3) is 0 Å². The summed E-state index contributed by atoms with van der Waals surface area (Å²) >= 11 is 0. The van der Waals surface area contributed by atoms with Crippen LogP contribution in [-0.2, 0) is 0 Å². The molecule has 2 heteroatoms. The Morgan fingerprint density at radius 3 is 1.91 bits per heavy atom. The first kappa shape index (κ1) is 18.9. The molecule has 126 valence electrons. The van der Waals surface area contributed by atoms with E-state index in [1.807, 2.05) is 13.8 Å². The van der Waals surface area contributed by atoms with Crippen molar-refractivity contribution in [3.63, 3.8) is 0 Å². The predicted molar refractivity (Wildman–Crippen MR) is 95.3 cm³/mol. The fraction of sp³-hybridized carbons (Fsp3) is 0.700. The molecule has 1 rings (SSSR count). The van der Waals surface area contributed by atoms with E-state index >= 15 is 0 Å². The lowest BCUT2D eigenvalue weighted by Gasteiger charge is -2.18. The third-order valence-corrected chi connectivity index (χ3v) is 4.24. The van der Waals surface area contributed by atoms with Crippen LogP contribution in [0.15, 0.2) is 12.1 Å². The van der Waals surface area contributed by atoms with E-state index in [2.05, 4.69) is 32.9 Å². The molecule has 0 aliphatic rings. The predicted octanol–water partition coefficient (Wildman–Crippen LogP) is 6.26. The molecule has 0 amide bonds. The van der Waals surface area contributed by atoms with Crippen molar-refractivity contribution in [2.24, 2.45) is 0 Å². The first-order valence-electron chi connectivity index (χ1n) is 9.04. The van der Waals surface area contributed by atoms with Crippen LogP contribution in [0.3, 0.4) is 0 Å². The van der Waals surface area contributed by atoms with Crippen LogP contribution < -0.4 is 9.47 Å². The van der Waals surface area contributed by atoms with Crippen molar-refractivity contribution >= 4 is 0 Å². The summed E-state index contributed by atoms with van der Waals surface area (Å²) in [6.07, 6.45) is 7.93. The van der Waals surface area contributed by atoms with Crippen molar-refractivity contribution in [3.05, 3.63) is 23.3 Å². The Kier molecular flexibility index (Phi) is 9.03. The number of rotatable bonds is 11. The van der Waals surface area contributed by atoms with Crippen molar-refractivity contribution in [3.8, 4) is 11.5 Å². The fourth-order valence-electron chi connectivity index (χ4n) is 2.80. The van der Waals surface area contributed by atoms with Crippen LogP contribution in [0.2, 0.25) is 0 Å². The van der Waals surface area contributed by atoms with Crippen molar-refractivity contribution in [1.29, 1.82) is 0 Å². The average Bonchev–Trinajstić information content (AvgIpc) is 2.51. The van der Waals surface area contributed by atoms with E-state index in [1.54, 1.807) is 0 Å². The van der Waals surface area contributed by atoms with Crippen LogP contribution in [-0.4, -0.2) is 13.2 Å². The molecule has 0 heterocycles. The summed E-state index contributed by atoms with van der Waals surface area (Å²) in [7, 11) is 0. The zero-order valence-corrected chi connectivity index (χ0v) is 15.2. The molecular weight excluding hydrogens is 272 g/mol. The SMILES string of the molecule is CCCCCCC[C@H](C)c1cc(OCC)c(C)c(OCC)c1. The summed E-state index contributed by atoms with van der Waals surface area (Å²) in [6.45, 7) is 12.1. The van der Waals surface area contributed by atoms with Crippen LogP contribution in [0.4, 0.5) is 0 Å². The van der Waals surface area contributed by atoms with E-state index in [9.17, 15) is 0 Å². The maximum Gasteiger partial charge on any atom is 0.126 e. The molecule has 0 fully saturated rings. The van der Waals surface area contributed by atoms with Gasteiger partial charge in [0.2, 0.25) is 0 Å². The fourth-order valence-corrected chi connectivity index (χ4v) is 2.80. The van der Waals surface area contributed by atoms with Gasteiger partial charge < -0.3 is 9.47 Å². The van der Waals surface area contributed by atoms with Gasteiger partial charge in [0.15, 0.2) is 0 Å². The van der Waals surface area contributed by atoms with Crippen LogP contribution in [0.1, 0.15) is 83.3 Å². The second-order valence-corrected chi connectivity index (χ2v) is 6.11. The Labute approximate surface area is 137 Å². The Morgan fingerprint density at radius 2 is 1.41 bits per heavy atom. The minimum absolute atomic E-state index is 0.556. The molecule has 0 radical (unpaired) electrons. The summed E-state index contributed by atoms with van der Waals surface area (Å²) in [5, 5.41) is 0. The molecule has 2 nitrogen and oxygen atoms in total. The second-order valence-electron chi connectivity index (χ2n) is 6.11. The average molecular weight is 306 g/mol. The Bertz CT molecular complexity index is 399. The molecule has 0 spiro atoms. The summed E-state index contributed by atoms with van der Waals surface area (Å²) < 4.78 is 11.6. The van der Waals surface area contributed by atoms with Gasteiger partial charge in [-0.2, -0.15) is 0 Å². The van der Waals surface area contributed by atoms with E-state index in [-0.39, 0.29) is 0 Å². The van der Waals surface area contributed by atoms with Gasteiger partial charge in [-0.3, -0.25) is 0 Å². The van der Waals surface area contributed by atoms with Gasteiger partial charge in [-0.05, 0) is 50.8 Å². The smallest absolute Gasteiger partial charge is 0.126 e. The highest BCUT2D eigenvalue weighted by molar-refractivity contribution is 5.48. The number of benzene rings is 1. The van der Waals surface area contributed by atoms with Crippen LogP contribution in [0, 0.1) is 6.92 Å². The number of hydrogen-bond acceptors (Lipinski definition) is 2. The van der Waals surface area contributed by atoms with Gasteiger partial charge in [-0.25, -0.2) is 0 Å². The maximum absolute atomic E-state index is 5.79. The second kappa shape index (κ2) is 10.5. The Hall–Kier alpha value is -1.18. The summed E-state index contributed by atoms with van der Waals surface area (Å²) in [5.74, 6) is 2.50. The van der Waals surface area contributed by atoms with Gasteiger partial charge in [0, 0.05) is 5.56 Å². The molecule has 1 atom stereocenters. The Balaban J connectivity index is 2.74. The standard InChI is InChI=1S/C20H34O2/c1-6-9-10-11-12-13-16(4)18-14-19(21-7-2)17(5)20(15-18)22-8-3/h14-16H,6-13H2,1-5H3/t16-/m0/s1. The van der Waals surface area contributed by atoms with Crippen LogP contribution >= 0.6 is 0 Å². The number of hydrogen-bond donors (Lipinski definition) is 0. The normalized spacial score (nSPS) is 12.2. The lowest BCUT2D eigenvalue weighted by atomic mass is 9.93. The molecule has 0 unspecified atom stereocenters. The molecular formula is C20H34O2. The summed E-state index contributed by atoms with van der Waals surface area (Å²) in [6, 6.07) is 4.41. The number of unbranched alkanes of at least 4 members (excludes halogenated alkanes) is 4. The maximum atomic E-state index is 5.79. The molecule has 0 aromatic heterocycles. The van der Waals surface area contributed by atoms with Gasteiger partial charge >= 0.3 is 0 Å². The molecule has 0 saturated heterocycles. The first-order valence-corrected chi connectivity index (χ1v) is 9.04. The molecule has 0 bridgehead atoms. The van der Waals surface area contributed by atoms with E-state index < -0.39 is 0 Å². The molecule has 0 saturated carbocycles. The third kappa shape index (κ3) is 5.90. The molecule has 0 aliphatic carbocycles. The van der Waals surface area contributed by atoms with Gasteiger partial charge in [0.1, 0.15) is 11.5 Å². The zero-order valence-electron chi connectivity index (χ0n) is 15.2. The quantitative estimate of drug-likeness (QED) is 0.449. The molecule has 0 aliphatic heterocycles. The third-order valence-electron chi connectivity index (χ3n) is 4.24. The van der Waals surface area contributed by atoms with Gasteiger partial charge in [-0.15, -0.1) is 0 Å². The van der Waals surface area contributed by atoms with E-state index in [0.717, 1.165) is 17.1 Å². The van der Waals surface area contributed by atoms with E-state index in [1.165, 1.54) is 44.1 Å². The number of ether oxygens (including phenoxy) is 2. The van der Waals surface area contributed by atoms with Gasteiger partial charge in [0.05, 0.1) is 13.2 Å². The lowest BCUT2D eigenvalue weighted by Crippen LogP contribution is -2.02. The molecule has 1 aromatic rings. The minimum Gasteiger partial charge on any atom is -0.493 e. The minimum atomic E-state index is 0.556. The first-order chi connectivity index (χ1) is 10.6. The van der Waals surface area contributed by atoms with Gasteiger partial charge in [-0.1, -0.05) is 46.0 Å². The molecule has 22 heavy (non-hydrogen) atoms. The lowest BCUT2D eigenvalue weighted by molar-refractivity contribution is 0.317. The van der Waals surface area contributed by atoms with Gasteiger partial charge in [0.25, 0.3) is 0 Å². The summed E-state index contributed by atoms with van der Waals surface area (Å²) in [4.78, 5) is 0. The van der Waals surface area contributed by atoms with Crippen molar-refractivity contribution in [2.45, 2.75) is 79.1 Å². The highest BCUT2D eigenvalue weighted by atomic mass is 16.5. The zero-order chi connectivity index (χ0) is 16.4. The topological polar surface area (TPSA) is 18.5 Å². The largest absolute Gasteiger partial charge is 0.493 e. The monoisotopic (exact) mass is 306 g/mol. The molecule has 0 N–H and O–H groups in total. The highest BCUT2D eigenvalue weighted by Gasteiger charge is 2.13. The highest BCUT2D eigenvalue weighted by Crippen LogP contribution is 2.34.